The Kier molecular flexibility index (Phi) is 3.15. The number of rotatable bonds is 2. The van der Waals surface area contributed by atoms with Crippen molar-refractivity contribution in [1.29, 1.82) is 0 Å². The quantitative estimate of drug-likeness (QED) is 0.786. The minimum absolute atomic E-state index is 0.214. The van der Waals surface area contributed by atoms with Gasteiger partial charge in [-0.2, -0.15) is 10.1 Å². The van der Waals surface area contributed by atoms with E-state index in [0.717, 1.165) is 16.8 Å². The van der Waals surface area contributed by atoms with E-state index < -0.39 is 0 Å². The van der Waals surface area contributed by atoms with Crippen LogP contribution in [0.4, 0.5) is 14.7 Å². The van der Waals surface area contributed by atoms with Gasteiger partial charge in [-0.25, -0.2) is 13.5 Å². The Morgan fingerprint density at radius 2 is 1.57 bits per heavy atom. The molecular formula is C17H12F2N4. The number of hydrogen-bond donors (Lipinski definition) is 1. The van der Waals surface area contributed by atoms with E-state index in [1.54, 1.807) is 28.9 Å². The summed E-state index contributed by atoms with van der Waals surface area (Å²) in [5.41, 5.74) is 2.53. The lowest BCUT2D eigenvalue weighted by atomic mass is 10.0. The highest BCUT2D eigenvalue weighted by atomic mass is 19.1. The lowest BCUT2D eigenvalue weighted by Crippen LogP contribution is -2.20. The van der Waals surface area contributed by atoms with E-state index in [-0.39, 0.29) is 17.7 Å². The molecule has 1 atom stereocenters. The summed E-state index contributed by atoms with van der Waals surface area (Å²) >= 11 is 0. The van der Waals surface area contributed by atoms with E-state index in [4.69, 9.17) is 0 Å². The number of hydrogen-bond acceptors (Lipinski definition) is 3. The van der Waals surface area contributed by atoms with Crippen molar-refractivity contribution in [2.75, 3.05) is 5.32 Å². The molecule has 0 saturated heterocycles. The van der Waals surface area contributed by atoms with E-state index >= 15 is 0 Å². The average Bonchev–Trinajstić information content (AvgIpc) is 3.04. The van der Waals surface area contributed by atoms with Gasteiger partial charge in [0.2, 0.25) is 5.95 Å². The third kappa shape index (κ3) is 2.48. The van der Waals surface area contributed by atoms with Crippen LogP contribution in [0.3, 0.4) is 0 Å². The molecule has 1 aliphatic rings. The standard InChI is InChI=1S/C17H12F2N4/c18-13-5-1-11(2-6-13)15-9-16(12-3-7-14(19)8-4-12)23-17(22-15)20-10-21-23/h1-10,16H,(H,20,21,22)/t16-/m1/s1. The average molecular weight is 310 g/mol. The van der Waals surface area contributed by atoms with Crippen LogP contribution in [0.5, 0.6) is 0 Å². The van der Waals surface area contributed by atoms with Crippen LogP contribution in [0.25, 0.3) is 5.70 Å². The molecule has 2 aromatic carbocycles. The zero-order chi connectivity index (χ0) is 15.8. The fraction of sp³-hybridized carbons (Fsp3) is 0.0588. The van der Waals surface area contributed by atoms with Crippen molar-refractivity contribution in [2.24, 2.45) is 0 Å². The summed E-state index contributed by atoms with van der Waals surface area (Å²) in [6, 6.07) is 12.3. The second-order valence-electron chi connectivity index (χ2n) is 5.24. The first-order valence-corrected chi connectivity index (χ1v) is 7.10. The van der Waals surface area contributed by atoms with Gasteiger partial charge in [-0.1, -0.05) is 12.1 Å². The number of benzene rings is 2. The molecule has 0 aliphatic carbocycles. The summed E-state index contributed by atoms with van der Waals surface area (Å²) in [5.74, 6) is 0.00815. The van der Waals surface area contributed by atoms with Gasteiger partial charge in [0.25, 0.3) is 0 Å². The van der Waals surface area contributed by atoms with Crippen molar-refractivity contribution < 1.29 is 8.78 Å². The molecule has 0 bridgehead atoms. The van der Waals surface area contributed by atoms with E-state index in [1.165, 1.54) is 30.6 Å². The van der Waals surface area contributed by atoms with Gasteiger partial charge in [0, 0.05) is 5.70 Å². The molecule has 0 spiro atoms. The molecule has 0 fully saturated rings. The Hall–Kier alpha value is -3.02. The molecule has 23 heavy (non-hydrogen) atoms. The number of aromatic nitrogens is 3. The lowest BCUT2D eigenvalue weighted by molar-refractivity contribution is 0.603. The molecule has 6 heteroatoms. The SMILES string of the molecule is Fc1ccc(C2=C[C@H](c3ccc(F)cc3)n3ncnc3N2)cc1. The third-order valence-electron chi connectivity index (χ3n) is 3.77. The van der Waals surface area contributed by atoms with Crippen LogP contribution in [0.15, 0.2) is 60.9 Å². The number of anilines is 1. The Labute approximate surface area is 131 Å². The number of nitrogens with zero attached hydrogens (tertiary/aromatic N) is 3. The first-order chi connectivity index (χ1) is 11.2. The first kappa shape index (κ1) is 13.6. The normalized spacial score (nSPS) is 16.4. The van der Waals surface area contributed by atoms with E-state index in [1.807, 2.05) is 6.08 Å². The smallest absolute Gasteiger partial charge is 0.226 e. The Morgan fingerprint density at radius 3 is 2.26 bits per heavy atom. The Morgan fingerprint density at radius 1 is 0.913 bits per heavy atom. The number of nitrogens with one attached hydrogen (secondary N) is 1. The summed E-state index contributed by atoms with van der Waals surface area (Å²) in [6.45, 7) is 0. The van der Waals surface area contributed by atoms with Crippen LogP contribution in [0.2, 0.25) is 0 Å². The zero-order valence-corrected chi connectivity index (χ0v) is 11.9. The van der Waals surface area contributed by atoms with Gasteiger partial charge < -0.3 is 5.32 Å². The van der Waals surface area contributed by atoms with Crippen molar-refractivity contribution in [3.8, 4) is 0 Å². The largest absolute Gasteiger partial charge is 0.324 e. The highest BCUT2D eigenvalue weighted by molar-refractivity contribution is 5.77. The topological polar surface area (TPSA) is 42.7 Å². The highest BCUT2D eigenvalue weighted by Gasteiger charge is 2.23. The van der Waals surface area contributed by atoms with Gasteiger partial charge in [-0.15, -0.1) is 0 Å². The second kappa shape index (κ2) is 5.31. The number of allylic oxidation sites excluding steroid dienone is 1. The summed E-state index contributed by atoms with van der Waals surface area (Å²) in [4.78, 5) is 4.20. The number of halogens is 2. The molecular weight excluding hydrogens is 298 g/mol. The number of fused-ring (bicyclic) bond motifs is 1. The molecule has 1 N–H and O–H groups in total. The van der Waals surface area contributed by atoms with Crippen LogP contribution in [-0.4, -0.2) is 14.8 Å². The van der Waals surface area contributed by atoms with Crippen LogP contribution < -0.4 is 5.32 Å². The first-order valence-electron chi connectivity index (χ1n) is 7.10. The van der Waals surface area contributed by atoms with Crippen molar-refractivity contribution in [1.82, 2.24) is 14.8 Å². The van der Waals surface area contributed by atoms with Crippen molar-refractivity contribution in [2.45, 2.75) is 6.04 Å². The van der Waals surface area contributed by atoms with E-state index in [2.05, 4.69) is 15.4 Å². The molecule has 3 aromatic rings. The second-order valence-corrected chi connectivity index (χ2v) is 5.24. The summed E-state index contributed by atoms with van der Waals surface area (Å²) in [5, 5.41) is 7.40. The minimum Gasteiger partial charge on any atom is -0.324 e. The molecule has 0 amide bonds. The zero-order valence-electron chi connectivity index (χ0n) is 11.9. The molecule has 1 aliphatic heterocycles. The van der Waals surface area contributed by atoms with Gasteiger partial charge in [0.1, 0.15) is 24.0 Å². The molecule has 0 saturated carbocycles. The van der Waals surface area contributed by atoms with Gasteiger partial charge >= 0.3 is 0 Å². The molecule has 2 heterocycles. The Balaban J connectivity index is 1.79. The fourth-order valence-corrected chi connectivity index (χ4v) is 2.63. The maximum atomic E-state index is 13.2. The molecule has 0 unspecified atom stereocenters. The fourth-order valence-electron chi connectivity index (χ4n) is 2.63. The summed E-state index contributed by atoms with van der Waals surface area (Å²) in [6.07, 6.45) is 3.42. The van der Waals surface area contributed by atoms with Crippen molar-refractivity contribution in [3.63, 3.8) is 0 Å². The molecule has 0 radical (unpaired) electrons. The van der Waals surface area contributed by atoms with Gasteiger partial charge in [-0.05, 0) is 53.6 Å². The lowest BCUT2D eigenvalue weighted by Gasteiger charge is -2.24. The minimum atomic E-state index is -0.289. The van der Waals surface area contributed by atoms with Crippen LogP contribution in [-0.2, 0) is 0 Å². The molecule has 114 valence electrons. The van der Waals surface area contributed by atoms with Gasteiger partial charge in [0.05, 0.1) is 0 Å². The summed E-state index contributed by atoms with van der Waals surface area (Å²) in [7, 11) is 0. The van der Waals surface area contributed by atoms with E-state index in [0.29, 0.717) is 5.95 Å². The van der Waals surface area contributed by atoms with Crippen LogP contribution in [0.1, 0.15) is 17.2 Å². The summed E-state index contributed by atoms with van der Waals surface area (Å²) < 4.78 is 28.0. The predicted octanol–water partition coefficient (Wildman–Crippen LogP) is 3.61. The maximum Gasteiger partial charge on any atom is 0.226 e. The maximum absolute atomic E-state index is 13.2. The van der Waals surface area contributed by atoms with Gasteiger partial charge in [0.15, 0.2) is 0 Å². The van der Waals surface area contributed by atoms with Crippen LogP contribution in [0, 0.1) is 11.6 Å². The van der Waals surface area contributed by atoms with E-state index in [9.17, 15) is 8.78 Å². The highest BCUT2D eigenvalue weighted by Crippen LogP contribution is 2.31. The Bertz CT molecular complexity index is 866. The molecule has 1 aromatic heterocycles. The predicted molar refractivity (Wildman–Crippen MR) is 82.6 cm³/mol. The third-order valence-corrected chi connectivity index (χ3v) is 3.77. The molecule has 4 rings (SSSR count). The van der Waals surface area contributed by atoms with Crippen LogP contribution >= 0.6 is 0 Å². The van der Waals surface area contributed by atoms with Crippen molar-refractivity contribution in [3.05, 3.63) is 83.7 Å². The molecule has 4 nitrogen and oxygen atoms in total. The van der Waals surface area contributed by atoms with Gasteiger partial charge in [-0.3, -0.25) is 0 Å². The monoisotopic (exact) mass is 310 g/mol. The van der Waals surface area contributed by atoms with Crippen molar-refractivity contribution >= 4 is 11.6 Å².